The minimum absolute atomic E-state index is 0.00535. The average molecular weight is 494 g/mol. The fraction of sp³-hybridized carbons (Fsp3) is 0.385. The lowest BCUT2D eigenvalue weighted by atomic mass is 9.91. The van der Waals surface area contributed by atoms with E-state index < -0.39 is 17.1 Å². The van der Waals surface area contributed by atoms with Crippen LogP contribution in [0, 0.1) is 11.2 Å². The molecule has 2 aromatic heterocycles. The first kappa shape index (κ1) is 25.3. The second-order valence-corrected chi connectivity index (χ2v) is 10.2. The summed E-state index contributed by atoms with van der Waals surface area (Å²) in [7, 11) is 0. The van der Waals surface area contributed by atoms with Crippen LogP contribution in [0.2, 0.25) is 0 Å². The van der Waals surface area contributed by atoms with Gasteiger partial charge in [-0.15, -0.1) is 0 Å². The summed E-state index contributed by atoms with van der Waals surface area (Å²) in [5, 5.41) is 9.82. The van der Waals surface area contributed by atoms with Crippen LogP contribution in [-0.4, -0.2) is 33.9 Å². The molecule has 2 atom stereocenters. The summed E-state index contributed by atoms with van der Waals surface area (Å²) in [5.41, 5.74) is 12.8. The summed E-state index contributed by atoms with van der Waals surface area (Å²) in [6, 6.07) is 8.10. The summed E-state index contributed by atoms with van der Waals surface area (Å²) >= 11 is 0. The fourth-order valence-electron chi connectivity index (χ4n) is 4.16. The largest absolute Gasteiger partial charge is 0.365 e. The van der Waals surface area contributed by atoms with Crippen molar-refractivity contribution in [3.05, 3.63) is 47.9 Å². The number of anilines is 4. The number of primary amides is 1. The highest BCUT2D eigenvalue weighted by atomic mass is 19.1. The van der Waals surface area contributed by atoms with Crippen molar-refractivity contribution < 1.29 is 14.0 Å². The first-order valence-corrected chi connectivity index (χ1v) is 12.0. The molecule has 1 aromatic carbocycles. The van der Waals surface area contributed by atoms with Crippen LogP contribution in [0.4, 0.5) is 27.4 Å². The van der Waals surface area contributed by atoms with Gasteiger partial charge in [-0.25, -0.2) is 9.37 Å². The lowest BCUT2D eigenvalue weighted by molar-refractivity contribution is -0.123. The molecule has 0 aliphatic heterocycles. The Balaban J connectivity index is 1.64. The number of pyridine rings is 2. The third-order valence-electron chi connectivity index (χ3n) is 6.29. The quantitative estimate of drug-likeness (QED) is 0.344. The number of hydrogen-bond donors (Lipinski definition) is 5. The lowest BCUT2D eigenvalue weighted by Gasteiger charge is -2.30. The third-order valence-corrected chi connectivity index (χ3v) is 6.29. The molecule has 190 valence electrons. The number of amides is 2. The summed E-state index contributed by atoms with van der Waals surface area (Å²) < 4.78 is 14.8. The van der Waals surface area contributed by atoms with Crippen LogP contribution in [0.3, 0.4) is 0 Å². The standard InChI is InChI=1S/C26H32FN7O2/c1-26(2,3)25(36)33-20-10-6-7-14-11-15(13-30-21(14)20)31-23-16(22(29)35)12-17(27)24(34-23)32-19-9-5-4-8-18(19)28/h6-7,10-13,18-19H,4-5,8-9,28H2,1-3H3,(H2,29,35)(H,33,36)(H2,31,32,34)/t18-,19?/m0/s1. The highest BCUT2D eigenvalue weighted by Gasteiger charge is 2.25. The zero-order chi connectivity index (χ0) is 26.0. The molecule has 2 heterocycles. The van der Waals surface area contributed by atoms with Crippen molar-refractivity contribution in [3.63, 3.8) is 0 Å². The van der Waals surface area contributed by atoms with Crippen molar-refractivity contribution in [2.45, 2.75) is 58.5 Å². The zero-order valence-electron chi connectivity index (χ0n) is 20.7. The molecule has 9 nitrogen and oxygen atoms in total. The molecule has 1 fully saturated rings. The van der Waals surface area contributed by atoms with Crippen LogP contribution in [0.25, 0.3) is 10.9 Å². The molecule has 0 radical (unpaired) electrons. The Kier molecular flexibility index (Phi) is 7.07. The molecule has 0 bridgehead atoms. The van der Waals surface area contributed by atoms with Crippen molar-refractivity contribution in [2.24, 2.45) is 16.9 Å². The van der Waals surface area contributed by atoms with E-state index in [1.807, 2.05) is 32.9 Å². The lowest BCUT2D eigenvalue weighted by Crippen LogP contribution is -2.43. The topological polar surface area (TPSA) is 148 Å². The molecule has 0 saturated heterocycles. The maximum Gasteiger partial charge on any atom is 0.252 e. The van der Waals surface area contributed by atoms with Crippen LogP contribution in [0.1, 0.15) is 56.8 Å². The van der Waals surface area contributed by atoms with Gasteiger partial charge in [-0.2, -0.15) is 0 Å². The Labute approximate surface area is 209 Å². The van der Waals surface area contributed by atoms with Gasteiger partial charge < -0.3 is 27.4 Å². The molecule has 1 aliphatic carbocycles. The molecular formula is C26H32FN7O2. The van der Waals surface area contributed by atoms with E-state index in [-0.39, 0.29) is 35.2 Å². The van der Waals surface area contributed by atoms with Crippen molar-refractivity contribution in [2.75, 3.05) is 16.0 Å². The molecule has 1 unspecified atom stereocenters. The van der Waals surface area contributed by atoms with Gasteiger partial charge in [0.2, 0.25) is 5.91 Å². The minimum atomic E-state index is -0.814. The Bertz CT molecular complexity index is 1310. The number of carbonyl (C=O) groups is 2. The van der Waals surface area contributed by atoms with E-state index in [0.717, 1.165) is 37.1 Å². The van der Waals surface area contributed by atoms with E-state index in [4.69, 9.17) is 11.5 Å². The van der Waals surface area contributed by atoms with Crippen molar-refractivity contribution in [1.29, 1.82) is 0 Å². The normalized spacial score (nSPS) is 18.0. The summed E-state index contributed by atoms with van der Waals surface area (Å²) in [6.45, 7) is 5.50. The average Bonchev–Trinajstić information content (AvgIpc) is 2.81. The minimum Gasteiger partial charge on any atom is -0.365 e. The van der Waals surface area contributed by atoms with Crippen LogP contribution >= 0.6 is 0 Å². The Morgan fingerprint density at radius 1 is 1.11 bits per heavy atom. The number of hydrogen-bond acceptors (Lipinski definition) is 7. The molecular weight excluding hydrogens is 461 g/mol. The smallest absolute Gasteiger partial charge is 0.252 e. The van der Waals surface area contributed by atoms with Gasteiger partial charge in [-0.1, -0.05) is 45.7 Å². The van der Waals surface area contributed by atoms with Gasteiger partial charge in [0.15, 0.2) is 11.6 Å². The maximum absolute atomic E-state index is 14.8. The summed E-state index contributed by atoms with van der Waals surface area (Å²) in [5.74, 6) is -1.51. The molecule has 4 rings (SSSR count). The molecule has 0 spiro atoms. The Hall–Kier alpha value is -3.79. The number of carbonyl (C=O) groups excluding carboxylic acids is 2. The van der Waals surface area contributed by atoms with Gasteiger partial charge >= 0.3 is 0 Å². The van der Waals surface area contributed by atoms with Gasteiger partial charge in [0.05, 0.1) is 28.7 Å². The van der Waals surface area contributed by atoms with E-state index in [9.17, 15) is 14.0 Å². The van der Waals surface area contributed by atoms with Gasteiger partial charge in [0.1, 0.15) is 5.82 Å². The van der Waals surface area contributed by atoms with Gasteiger partial charge in [0, 0.05) is 22.9 Å². The van der Waals surface area contributed by atoms with E-state index in [2.05, 4.69) is 25.9 Å². The first-order chi connectivity index (χ1) is 17.0. The van der Waals surface area contributed by atoms with E-state index in [1.165, 1.54) is 0 Å². The predicted octanol–water partition coefficient (Wildman–Crippen LogP) is 4.28. The number of nitrogens with two attached hydrogens (primary N) is 2. The second-order valence-electron chi connectivity index (χ2n) is 10.2. The molecule has 36 heavy (non-hydrogen) atoms. The zero-order valence-corrected chi connectivity index (χ0v) is 20.7. The molecule has 1 saturated carbocycles. The second kappa shape index (κ2) is 10.1. The predicted molar refractivity (Wildman–Crippen MR) is 140 cm³/mol. The molecule has 7 N–H and O–H groups in total. The number of benzene rings is 1. The number of nitrogens with one attached hydrogen (secondary N) is 3. The van der Waals surface area contributed by atoms with Crippen LogP contribution in [0.15, 0.2) is 36.5 Å². The van der Waals surface area contributed by atoms with Crippen molar-refractivity contribution in [1.82, 2.24) is 9.97 Å². The first-order valence-electron chi connectivity index (χ1n) is 12.0. The van der Waals surface area contributed by atoms with Gasteiger partial charge in [-0.3, -0.25) is 14.6 Å². The monoisotopic (exact) mass is 493 g/mol. The number of para-hydroxylation sites is 1. The summed E-state index contributed by atoms with van der Waals surface area (Å²) in [6.07, 6.45) is 5.25. The highest BCUT2D eigenvalue weighted by Crippen LogP contribution is 2.29. The van der Waals surface area contributed by atoms with Crippen LogP contribution in [0.5, 0.6) is 0 Å². The number of fused-ring (bicyclic) bond motifs is 1. The number of nitrogens with zero attached hydrogens (tertiary/aromatic N) is 2. The van der Waals surface area contributed by atoms with Crippen LogP contribution < -0.4 is 27.4 Å². The molecule has 1 aliphatic rings. The fourth-order valence-corrected chi connectivity index (χ4v) is 4.16. The van der Waals surface area contributed by atoms with Crippen molar-refractivity contribution in [3.8, 4) is 0 Å². The van der Waals surface area contributed by atoms with E-state index >= 15 is 0 Å². The number of rotatable bonds is 6. The molecule has 3 aromatic rings. The van der Waals surface area contributed by atoms with Crippen molar-refractivity contribution >= 4 is 45.7 Å². The third kappa shape index (κ3) is 5.54. The Morgan fingerprint density at radius 2 is 1.86 bits per heavy atom. The summed E-state index contributed by atoms with van der Waals surface area (Å²) in [4.78, 5) is 33.3. The number of halogens is 1. The van der Waals surface area contributed by atoms with Gasteiger partial charge in [-0.05, 0) is 31.0 Å². The molecule has 10 heteroatoms. The highest BCUT2D eigenvalue weighted by molar-refractivity contribution is 6.03. The van der Waals surface area contributed by atoms with Crippen LogP contribution in [-0.2, 0) is 4.79 Å². The molecule has 2 amide bonds. The Morgan fingerprint density at radius 3 is 2.56 bits per heavy atom. The van der Waals surface area contributed by atoms with E-state index in [1.54, 1.807) is 18.3 Å². The van der Waals surface area contributed by atoms with Gasteiger partial charge in [0.25, 0.3) is 5.91 Å². The van der Waals surface area contributed by atoms with E-state index in [0.29, 0.717) is 16.9 Å². The SMILES string of the molecule is CC(C)(C)C(=O)Nc1cccc2cc(Nc3nc(NC4CCCC[C@@H]4N)c(F)cc3C(N)=O)cnc12. The maximum atomic E-state index is 14.8. The number of aromatic nitrogens is 2.